The van der Waals surface area contributed by atoms with Crippen LogP contribution in [0, 0.1) is 5.41 Å². The maximum atomic E-state index is 12.4. The Balaban J connectivity index is 2.91. The van der Waals surface area contributed by atoms with E-state index in [4.69, 9.17) is 4.74 Å². The van der Waals surface area contributed by atoms with Crippen LogP contribution in [0.4, 0.5) is 0 Å². The van der Waals surface area contributed by atoms with E-state index in [1.165, 1.54) is 0 Å². The van der Waals surface area contributed by atoms with Crippen molar-refractivity contribution in [3.63, 3.8) is 0 Å². The Kier molecular flexibility index (Phi) is 6.49. The molecule has 0 radical (unpaired) electrons. The molecular formula is C15H26O4. The minimum atomic E-state index is -1.01. The number of aliphatic hydroxyl groups excluding tert-OH is 1. The van der Waals surface area contributed by atoms with Crippen molar-refractivity contribution in [2.45, 2.75) is 71.3 Å². The van der Waals surface area contributed by atoms with E-state index in [0.29, 0.717) is 32.3 Å². The first-order chi connectivity index (χ1) is 9.03. The maximum Gasteiger partial charge on any atom is 0.319 e. The Morgan fingerprint density at radius 2 is 2.05 bits per heavy atom. The van der Waals surface area contributed by atoms with Crippen molar-refractivity contribution in [3.8, 4) is 0 Å². The molecule has 0 bridgehead atoms. The predicted molar refractivity (Wildman–Crippen MR) is 72.7 cm³/mol. The number of aliphatic hydroxyl groups is 1. The van der Waals surface area contributed by atoms with Crippen molar-refractivity contribution in [3.05, 3.63) is 0 Å². The minimum Gasteiger partial charge on any atom is -0.465 e. The highest BCUT2D eigenvalue weighted by Crippen LogP contribution is 2.37. The fourth-order valence-corrected chi connectivity index (χ4v) is 2.75. The zero-order chi connectivity index (χ0) is 14.3. The van der Waals surface area contributed by atoms with Crippen LogP contribution in [-0.4, -0.2) is 29.6 Å². The molecule has 19 heavy (non-hydrogen) atoms. The molecule has 0 aromatic rings. The number of ether oxygens (including phenoxy) is 1. The maximum absolute atomic E-state index is 12.4. The third kappa shape index (κ3) is 4.30. The van der Waals surface area contributed by atoms with Crippen LogP contribution in [0.1, 0.15) is 65.2 Å². The van der Waals surface area contributed by atoms with Gasteiger partial charge in [-0.25, -0.2) is 0 Å². The van der Waals surface area contributed by atoms with Crippen LogP contribution in [0.2, 0.25) is 0 Å². The predicted octanol–water partition coefficient (Wildman–Crippen LogP) is 2.62. The Labute approximate surface area is 115 Å². The van der Waals surface area contributed by atoms with E-state index in [2.05, 4.69) is 0 Å². The van der Waals surface area contributed by atoms with Crippen molar-refractivity contribution in [1.29, 1.82) is 0 Å². The third-order valence-corrected chi connectivity index (χ3v) is 3.95. The standard InChI is InChI=1S/C15H26O4/c1-3-19-14(18)15(11-9-12(2)16)10-7-5-4-6-8-13(15)17/h12,16H,3-11H2,1-2H3. The summed E-state index contributed by atoms with van der Waals surface area (Å²) in [6, 6.07) is 0. The summed E-state index contributed by atoms with van der Waals surface area (Å²) in [6.45, 7) is 3.74. The first-order valence-electron chi connectivity index (χ1n) is 7.41. The summed E-state index contributed by atoms with van der Waals surface area (Å²) < 4.78 is 5.14. The zero-order valence-electron chi connectivity index (χ0n) is 12.1. The van der Waals surface area contributed by atoms with Gasteiger partial charge in [0.05, 0.1) is 12.7 Å². The van der Waals surface area contributed by atoms with Gasteiger partial charge in [-0.3, -0.25) is 9.59 Å². The van der Waals surface area contributed by atoms with Crippen LogP contribution in [0.5, 0.6) is 0 Å². The lowest BCUT2D eigenvalue weighted by molar-refractivity contribution is -0.162. The Morgan fingerprint density at radius 1 is 1.37 bits per heavy atom. The lowest BCUT2D eigenvalue weighted by Gasteiger charge is -2.32. The summed E-state index contributed by atoms with van der Waals surface area (Å²) in [5, 5.41) is 9.46. The number of rotatable bonds is 5. The fraction of sp³-hybridized carbons (Fsp3) is 0.867. The third-order valence-electron chi connectivity index (χ3n) is 3.95. The topological polar surface area (TPSA) is 63.6 Å². The molecule has 0 aliphatic heterocycles. The molecule has 0 saturated heterocycles. The summed E-state index contributed by atoms with van der Waals surface area (Å²) in [5.74, 6) is -0.381. The molecule has 0 heterocycles. The van der Waals surface area contributed by atoms with Gasteiger partial charge < -0.3 is 9.84 Å². The highest BCUT2D eigenvalue weighted by molar-refractivity contribution is 6.03. The molecule has 4 nitrogen and oxygen atoms in total. The van der Waals surface area contributed by atoms with Crippen molar-refractivity contribution < 1.29 is 19.4 Å². The van der Waals surface area contributed by atoms with Crippen molar-refractivity contribution in [2.75, 3.05) is 6.61 Å². The molecule has 0 amide bonds. The largest absolute Gasteiger partial charge is 0.465 e. The SMILES string of the molecule is CCOC(=O)C1(CCC(C)O)CCCCCCC1=O. The summed E-state index contributed by atoms with van der Waals surface area (Å²) in [5.41, 5.74) is -1.01. The molecule has 4 heteroatoms. The van der Waals surface area contributed by atoms with Gasteiger partial charge in [-0.15, -0.1) is 0 Å². The van der Waals surface area contributed by atoms with Gasteiger partial charge in [-0.2, -0.15) is 0 Å². The van der Waals surface area contributed by atoms with Crippen LogP contribution in [0.3, 0.4) is 0 Å². The highest BCUT2D eigenvalue weighted by Gasteiger charge is 2.45. The Hall–Kier alpha value is -0.900. The van der Waals surface area contributed by atoms with E-state index in [-0.39, 0.29) is 11.8 Å². The monoisotopic (exact) mass is 270 g/mol. The summed E-state index contributed by atoms with van der Waals surface area (Å²) in [7, 11) is 0. The van der Waals surface area contributed by atoms with Crippen LogP contribution in [0.15, 0.2) is 0 Å². The van der Waals surface area contributed by atoms with Crippen LogP contribution < -0.4 is 0 Å². The second kappa shape index (κ2) is 7.63. The first-order valence-corrected chi connectivity index (χ1v) is 7.41. The first kappa shape index (κ1) is 16.2. The quantitative estimate of drug-likeness (QED) is 0.616. The normalized spacial score (nSPS) is 26.4. The van der Waals surface area contributed by atoms with Crippen molar-refractivity contribution in [2.24, 2.45) is 5.41 Å². The van der Waals surface area contributed by atoms with Gasteiger partial charge in [0.15, 0.2) is 0 Å². The summed E-state index contributed by atoms with van der Waals surface area (Å²) >= 11 is 0. The molecule has 1 N–H and O–H groups in total. The second-order valence-electron chi connectivity index (χ2n) is 5.53. The lowest BCUT2D eigenvalue weighted by Crippen LogP contribution is -2.42. The van der Waals surface area contributed by atoms with E-state index in [9.17, 15) is 14.7 Å². The number of carbonyl (C=O) groups excluding carboxylic acids is 2. The molecule has 1 aliphatic rings. The summed E-state index contributed by atoms with van der Waals surface area (Å²) in [6.07, 6.45) is 5.25. The molecule has 0 aromatic carbocycles. The van der Waals surface area contributed by atoms with Crippen LogP contribution >= 0.6 is 0 Å². The van der Waals surface area contributed by atoms with E-state index < -0.39 is 11.5 Å². The molecule has 2 unspecified atom stereocenters. The van der Waals surface area contributed by atoms with Crippen molar-refractivity contribution >= 4 is 11.8 Å². The number of hydrogen-bond acceptors (Lipinski definition) is 4. The van der Waals surface area contributed by atoms with Gasteiger partial charge in [0.25, 0.3) is 0 Å². The minimum absolute atomic E-state index is 0.00583. The van der Waals surface area contributed by atoms with Gasteiger partial charge >= 0.3 is 5.97 Å². The van der Waals surface area contributed by atoms with Gasteiger partial charge in [0.2, 0.25) is 0 Å². The van der Waals surface area contributed by atoms with Crippen LogP contribution in [-0.2, 0) is 14.3 Å². The highest BCUT2D eigenvalue weighted by atomic mass is 16.5. The number of hydrogen-bond donors (Lipinski definition) is 1. The molecule has 110 valence electrons. The molecule has 1 rings (SSSR count). The van der Waals surface area contributed by atoms with Gasteiger partial charge in [-0.05, 0) is 39.5 Å². The van der Waals surface area contributed by atoms with E-state index >= 15 is 0 Å². The van der Waals surface area contributed by atoms with E-state index in [0.717, 1.165) is 25.7 Å². The smallest absolute Gasteiger partial charge is 0.319 e. The molecule has 0 spiro atoms. The molecular weight excluding hydrogens is 244 g/mol. The average Bonchev–Trinajstić information content (AvgIpc) is 2.34. The number of esters is 1. The van der Waals surface area contributed by atoms with Crippen molar-refractivity contribution in [1.82, 2.24) is 0 Å². The van der Waals surface area contributed by atoms with E-state index in [1.54, 1.807) is 13.8 Å². The Bertz CT molecular complexity index is 301. The number of ketones is 1. The van der Waals surface area contributed by atoms with Crippen LogP contribution in [0.25, 0.3) is 0 Å². The lowest BCUT2D eigenvalue weighted by atomic mass is 9.71. The Morgan fingerprint density at radius 3 is 2.68 bits per heavy atom. The molecule has 1 aliphatic carbocycles. The van der Waals surface area contributed by atoms with Gasteiger partial charge in [0.1, 0.15) is 11.2 Å². The average molecular weight is 270 g/mol. The summed E-state index contributed by atoms with van der Waals surface area (Å²) in [4.78, 5) is 24.7. The fourth-order valence-electron chi connectivity index (χ4n) is 2.75. The number of Topliss-reactive ketones (excluding diaryl/α,β-unsaturated/α-hetero) is 1. The molecule has 1 saturated carbocycles. The molecule has 2 atom stereocenters. The molecule has 1 fully saturated rings. The number of carbonyl (C=O) groups is 2. The van der Waals surface area contributed by atoms with Gasteiger partial charge in [-0.1, -0.05) is 19.3 Å². The van der Waals surface area contributed by atoms with Gasteiger partial charge in [0, 0.05) is 6.42 Å². The molecule has 0 aromatic heterocycles. The van der Waals surface area contributed by atoms with E-state index in [1.807, 2.05) is 0 Å². The second-order valence-corrected chi connectivity index (χ2v) is 5.53. The zero-order valence-corrected chi connectivity index (χ0v) is 12.1.